The summed E-state index contributed by atoms with van der Waals surface area (Å²) >= 11 is 4.99. The van der Waals surface area contributed by atoms with Crippen LogP contribution in [0.1, 0.15) is 36.0 Å². The van der Waals surface area contributed by atoms with E-state index in [1.54, 1.807) is 17.8 Å². The molecule has 0 atom stereocenters. The maximum atomic E-state index is 11.1. The zero-order chi connectivity index (χ0) is 12.3. The van der Waals surface area contributed by atoms with E-state index in [0.29, 0.717) is 5.56 Å². The number of carboxylic acids is 1. The summed E-state index contributed by atoms with van der Waals surface area (Å²) in [6.45, 7) is 0. The molecule has 1 N–H and O–H groups in total. The summed E-state index contributed by atoms with van der Waals surface area (Å²) in [5, 5.41) is 9.15. The molecule has 1 aromatic rings. The maximum Gasteiger partial charge on any atom is 0.336 e. The van der Waals surface area contributed by atoms with Gasteiger partial charge in [-0.25, -0.2) is 4.79 Å². The number of carboxylic acid groups (broad SMARTS) is 1. The number of hydrogen-bond acceptors (Lipinski definition) is 2. The van der Waals surface area contributed by atoms with Crippen LogP contribution in [0.2, 0.25) is 0 Å². The van der Waals surface area contributed by atoms with Gasteiger partial charge in [-0.15, -0.1) is 11.8 Å². The van der Waals surface area contributed by atoms with Crippen molar-refractivity contribution in [2.24, 2.45) is 5.92 Å². The lowest BCUT2D eigenvalue weighted by Gasteiger charge is -2.10. The van der Waals surface area contributed by atoms with Gasteiger partial charge in [-0.1, -0.05) is 28.8 Å². The molecular formula is C13H15BrO2S. The lowest BCUT2D eigenvalue weighted by molar-refractivity contribution is 0.0693. The lowest BCUT2D eigenvalue weighted by atomic mass is 10.1. The van der Waals surface area contributed by atoms with Crippen molar-refractivity contribution in [3.05, 3.63) is 28.2 Å². The van der Waals surface area contributed by atoms with Crippen molar-refractivity contribution in [1.82, 2.24) is 0 Å². The molecule has 0 spiro atoms. The summed E-state index contributed by atoms with van der Waals surface area (Å²) in [6, 6.07) is 5.48. The summed E-state index contributed by atoms with van der Waals surface area (Å²) in [4.78, 5) is 12.0. The van der Waals surface area contributed by atoms with Crippen LogP contribution >= 0.6 is 27.7 Å². The fraction of sp³-hybridized carbons (Fsp3) is 0.462. The van der Waals surface area contributed by atoms with Gasteiger partial charge in [-0.2, -0.15) is 0 Å². The first-order valence-corrected chi connectivity index (χ1v) is 7.60. The number of aromatic carboxylic acids is 1. The van der Waals surface area contributed by atoms with Crippen molar-refractivity contribution >= 4 is 33.7 Å². The van der Waals surface area contributed by atoms with Gasteiger partial charge in [0.25, 0.3) is 0 Å². The Balaban J connectivity index is 2.06. The van der Waals surface area contributed by atoms with Crippen LogP contribution < -0.4 is 0 Å². The Morgan fingerprint density at radius 2 is 2.12 bits per heavy atom. The summed E-state index contributed by atoms with van der Waals surface area (Å²) in [5.74, 6) is 0.965. The van der Waals surface area contributed by atoms with Crippen LogP contribution in [0.4, 0.5) is 0 Å². The number of thioether (sulfide) groups is 1. The van der Waals surface area contributed by atoms with Gasteiger partial charge in [0.05, 0.1) is 5.56 Å². The Bertz CT molecular complexity index is 414. The van der Waals surface area contributed by atoms with Crippen molar-refractivity contribution in [3.8, 4) is 0 Å². The molecule has 2 nitrogen and oxygen atoms in total. The summed E-state index contributed by atoms with van der Waals surface area (Å²) in [5.41, 5.74) is 0.405. The molecular weight excluding hydrogens is 300 g/mol. The smallest absolute Gasteiger partial charge is 0.336 e. The second kappa shape index (κ2) is 5.91. The predicted octanol–water partition coefficient (Wildman–Crippen LogP) is 4.43. The van der Waals surface area contributed by atoms with Crippen molar-refractivity contribution in [3.63, 3.8) is 0 Å². The number of hydrogen-bond donors (Lipinski definition) is 1. The molecule has 1 saturated carbocycles. The molecule has 92 valence electrons. The van der Waals surface area contributed by atoms with Crippen LogP contribution in [-0.2, 0) is 0 Å². The van der Waals surface area contributed by atoms with E-state index in [1.807, 2.05) is 12.1 Å². The van der Waals surface area contributed by atoms with Gasteiger partial charge < -0.3 is 5.11 Å². The quantitative estimate of drug-likeness (QED) is 0.835. The third-order valence-corrected chi connectivity index (χ3v) is 4.92. The number of benzene rings is 1. The standard InChI is InChI=1S/C13H15BrO2S/c14-10-5-6-12(11(7-10)13(15)16)17-8-9-3-1-2-4-9/h5-7,9H,1-4,8H2,(H,15,16). The molecule has 0 aromatic heterocycles. The second-order valence-electron chi connectivity index (χ2n) is 4.41. The van der Waals surface area contributed by atoms with Gasteiger partial charge in [0.1, 0.15) is 0 Å². The minimum Gasteiger partial charge on any atom is -0.478 e. The third kappa shape index (κ3) is 3.49. The molecule has 0 amide bonds. The van der Waals surface area contributed by atoms with Gasteiger partial charge in [0.2, 0.25) is 0 Å². The first-order chi connectivity index (χ1) is 8.16. The van der Waals surface area contributed by atoms with Gasteiger partial charge in [-0.05, 0) is 37.0 Å². The van der Waals surface area contributed by atoms with Crippen molar-refractivity contribution in [2.75, 3.05) is 5.75 Å². The van der Waals surface area contributed by atoms with E-state index < -0.39 is 5.97 Å². The molecule has 1 aromatic carbocycles. The van der Waals surface area contributed by atoms with Gasteiger partial charge >= 0.3 is 5.97 Å². The third-order valence-electron chi connectivity index (χ3n) is 3.12. The zero-order valence-electron chi connectivity index (χ0n) is 9.49. The van der Waals surface area contributed by atoms with Crippen LogP contribution in [-0.4, -0.2) is 16.8 Å². The highest BCUT2D eigenvalue weighted by Gasteiger charge is 2.17. The Morgan fingerprint density at radius 1 is 1.41 bits per heavy atom. The van der Waals surface area contributed by atoms with Gasteiger partial charge in [-0.3, -0.25) is 0 Å². The zero-order valence-corrected chi connectivity index (χ0v) is 11.9. The predicted molar refractivity (Wildman–Crippen MR) is 73.8 cm³/mol. The van der Waals surface area contributed by atoms with E-state index in [-0.39, 0.29) is 0 Å². The molecule has 1 fully saturated rings. The van der Waals surface area contributed by atoms with Crippen LogP contribution in [0.15, 0.2) is 27.6 Å². The van der Waals surface area contributed by atoms with E-state index in [4.69, 9.17) is 5.11 Å². The molecule has 0 heterocycles. The van der Waals surface area contributed by atoms with E-state index in [0.717, 1.165) is 21.0 Å². The van der Waals surface area contributed by atoms with Gasteiger partial charge in [0.15, 0.2) is 0 Å². The fourth-order valence-electron chi connectivity index (χ4n) is 2.18. The van der Waals surface area contributed by atoms with E-state index in [1.165, 1.54) is 25.7 Å². The van der Waals surface area contributed by atoms with E-state index in [9.17, 15) is 4.79 Å². The normalized spacial score (nSPS) is 16.3. The molecule has 1 aliphatic carbocycles. The average molecular weight is 315 g/mol. The summed E-state index contributed by atoms with van der Waals surface area (Å²) < 4.78 is 0.820. The molecule has 17 heavy (non-hydrogen) atoms. The average Bonchev–Trinajstić information content (AvgIpc) is 2.80. The van der Waals surface area contributed by atoms with Crippen molar-refractivity contribution in [1.29, 1.82) is 0 Å². The molecule has 4 heteroatoms. The molecule has 0 unspecified atom stereocenters. The monoisotopic (exact) mass is 314 g/mol. The molecule has 0 bridgehead atoms. The molecule has 0 radical (unpaired) electrons. The highest BCUT2D eigenvalue weighted by molar-refractivity contribution is 9.10. The SMILES string of the molecule is O=C(O)c1cc(Br)ccc1SCC1CCCC1. The van der Waals surface area contributed by atoms with Crippen LogP contribution in [0.5, 0.6) is 0 Å². The van der Waals surface area contributed by atoms with E-state index >= 15 is 0 Å². The second-order valence-corrected chi connectivity index (χ2v) is 6.38. The van der Waals surface area contributed by atoms with Crippen LogP contribution in [0.25, 0.3) is 0 Å². The fourth-order valence-corrected chi connectivity index (χ4v) is 3.76. The topological polar surface area (TPSA) is 37.3 Å². The maximum absolute atomic E-state index is 11.1. The van der Waals surface area contributed by atoms with Crippen LogP contribution in [0, 0.1) is 5.92 Å². The number of halogens is 1. The summed E-state index contributed by atoms with van der Waals surface area (Å²) in [6.07, 6.45) is 5.26. The highest BCUT2D eigenvalue weighted by atomic mass is 79.9. The molecule has 2 rings (SSSR count). The number of rotatable bonds is 4. The van der Waals surface area contributed by atoms with E-state index in [2.05, 4.69) is 15.9 Å². The van der Waals surface area contributed by atoms with Crippen LogP contribution in [0.3, 0.4) is 0 Å². The largest absolute Gasteiger partial charge is 0.478 e. The first kappa shape index (κ1) is 13.0. The molecule has 1 aliphatic rings. The Labute approximate surface area is 114 Å². The first-order valence-electron chi connectivity index (χ1n) is 5.82. The molecule has 0 aliphatic heterocycles. The lowest BCUT2D eigenvalue weighted by Crippen LogP contribution is -2.01. The van der Waals surface area contributed by atoms with Crippen molar-refractivity contribution < 1.29 is 9.90 Å². The minimum atomic E-state index is -0.847. The van der Waals surface area contributed by atoms with Crippen molar-refractivity contribution in [2.45, 2.75) is 30.6 Å². The number of carbonyl (C=O) groups is 1. The Hall–Kier alpha value is -0.480. The summed E-state index contributed by atoms with van der Waals surface area (Å²) in [7, 11) is 0. The Morgan fingerprint density at radius 3 is 2.76 bits per heavy atom. The highest BCUT2D eigenvalue weighted by Crippen LogP contribution is 2.33. The van der Waals surface area contributed by atoms with Gasteiger partial charge in [0, 0.05) is 15.1 Å². The minimum absolute atomic E-state index is 0.405. The molecule has 0 saturated heterocycles. The Kier molecular flexibility index (Phi) is 4.51.